The van der Waals surface area contributed by atoms with Crippen LogP contribution in [0, 0.1) is 0 Å². The summed E-state index contributed by atoms with van der Waals surface area (Å²) in [7, 11) is 1.29. The summed E-state index contributed by atoms with van der Waals surface area (Å²) in [4.78, 5) is 16.8. The molecule has 1 aliphatic heterocycles. The van der Waals surface area contributed by atoms with E-state index in [9.17, 15) is 18.0 Å². The summed E-state index contributed by atoms with van der Waals surface area (Å²) in [5.74, 6) is 0.0448. The van der Waals surface area contributed by atoms with Gasteiger partial charge in [-0.2, -0.15) is 13.2 Å². The summed E-state index contributed by atoms with van der Waals surface area (Å²) in [5, 5.41) is 0. The minimum atomic E-state index is -4.40. The number of anilines is 1. The smallest absolute Gasteiger partial charge is 0.417 e. The Balaban J connectivity index is 2.02. The Morgan fingerprint density at radius 2 is 2.29 bits per heavy atom. The third-order valence-electron chi connectivity index (χ3n) is 3.16. The lowest BCUT2D eigenvalue weighted by molar-refractivity contribution is -0.144. The van der Waals surface area contributed by atoms with E-state index in [1.807, 2.05) is 0 Å². The lowest BCUT2D eigenvalue weighted by Gasteiger charge is -2.33. The van der Waals surface area contributed by atoms with Gasteiger partial charge < -0.3 is 14.4 Å². The number of pyridine rings is 1. The van der Waals surface area contributed by atoms with Crippen LogP contribution in [0.3, 0.4) is 0 Å². The Hall–Kier alpha value is -1.83. The number of alkyl halides is 3. The fraction of sp³-hybridized carbons (Fsp3) is 0.538. The van der Waals surface area contributed by atoms with Gasteiger partial charge in [-0.05, 0) is 12.1 Å². The van der Waals surface area contributed by atoms with Crippen molar-refractivity contribution in [3.05, 3.63) is 23.9 Å². The Labute approximate surface area is 119 Å². The van der Waals surface area contributed by atoms with Crippen LogP contribution < -0.4 is 4.90 Å². The van der Waals surface area contributed by atoms with E-state index in [-0.39, 0.29) is 18.5 Å². The number of halogens is 3. The highest BCUT2D eigenvalue weighted by atomic mass is 19.4. The largest absolute Gasteiger partial charge is 0.469 e. The molecule has 2 rings (SSSR count). The van der Waals surface area contributed by atoms with Crippen LogP contribution in [0.15, 0.2) is 18.3 Å². The van der Waals surface area contributed by atoms with Gasteiger partial charge in [0.05, 0.1) is 31.8 Å². The SMILES string of the molecule is COC(=O)CC1CN(c2ccc(C(F)(F)F)cn2)CCO1. The quantitative estimate of drug-likeness (QED) is 0.798. The fourth-order valence-electron chi connectivity index (χ4n) is 2.06. The van der Waals surface area contributed by atoms with Gasteiger partial charge in [-0.1, -0.05) is 0 Å². The second-order valence-electron chi connectivity index (χ2n) is 4.62. The van der Waals surface area contributed by atoms with E-state index < -0.39 is 11.7 Å². The summed E-state index contributed by atoms with van der Waals surface area (Å²) in [6.07, 6.45) is -3.84. The highest BCUT2D eigenvalue weighted by Gasteiger charge is 2.31. The second kappa shape index (κ2) is 6.30. The zero-order valence-electron chi connectivity index (χ0n) is 11.4. The van der Waals surface area contributed by atoms with Crippen LogP contribution in [-0.4, -0.2) is 43.9 Å². The molecule has 1 aromatic rings. The van der Waals surface area contributed by atoms with Gasteiger partial charge in [0.25, 0.3) is 0 Å². The molecule has 1 saturated heterocycles. The van der Waals surface area contributed by atoms with Gasteiger partial charge in [0.2, 0.25) is 0 Å². The molecule has 1 aromatic heterocycles. The van der Waals surface area contributed by atoms with Crippen molar-refractivity contribution in [2.75, 3.05) is 31.7 Å². The maximum Gasteiger partial charge on any atom is 0.417 e. The molecule has 116 valence electrons. The average Bonchev–Trinajstić information content (AvgIpc) is 2.46. The van der Waals surface area contributed by atoms with Gasteiger partial charge >= 0.3 is 12.1 Å². The number of ether oxygens (including phenoxy) is 2. The Morgan fingerprint density at radius 1 is 1.52 bits per heavy atom. The number of hydrogen-bond acceptors (Lipinski definition) is 5. The Morgan fingerprint density at radius 3 is 2.86 bits per heavy atom. The van der Waals surface area contributed by atoms with Crippen molar-refractivity contribution in [3.63, 3.8) is 0 Å². The van der Waals surface area contributed by atoms with Crippen molar-refractivity contribution in [2.45, 2.75) is 18.7 Å². The first-order valence-electron chi connectivity index (χ1n) is 6.37. The van der Waals surface area contributed by atoms with Gasteiger partial charge in [-0.15, -0.1) is 0 Å². The number of esters is 1. The molecule has 8 heteroatoms. The molecular formula is C13H15F3N2O3. The fourth-order valence-corrected chi connectivity index (χ4v) is 2.06. The third-order valence-corrected chi connectivity index (χ3v) is 3.16. The van der Waals surface area contributed by atoms with Crippen LogP contribution in [0.2, 0.25) is 0 Å². The number of carbonyl (C=O) groups is 1. The maximum absolute atomic E-state index is 12.5. The summed E-state index contributed by atoms with van der Waals surface area (Å²) < 4.78 is 47.4. The van der Waals surface area contributed by atoms with Crippen molar-refractivity contribution in [1.82, 2.24) is 4.98 Å². The molecule has 0 aromatic carbocycles. The highest BCUT2D eigenvalue weighted by molar-refractivity contribution is 5.69. The molecule has 1 fully saturated rings. The molecule has 21 heavy (non-hydrogen) atoms. The Kier molecular flexibility index (Phi) is 4.66. The van der Waals surface area contributed by atoms with Gasteiger partial charge in [0.1, 0.15) is 5.82 Å². The number of rotatable bonds is 3. The molecular weight excluding hydrogens is 289 g/mol. The minimum absolute atomic E-state index is 0.105. The molecule has 1 aliphatic rings. The molecule has 0 bridgehead atoms. The number of carbonyl (C=O) groups excluding carboxylic acids is 1. The zero-order valence-corrected chi connectivity index (χ0v) is 11.4. The van der Waals surface area contributed by atoms with Gasteiger partial charge in [0, 0.05) is 19.3 Å². The topological polar surface area (TPSA) is 51.7 Å². The van der Waals surface area contributed by atoms with E-state index >= 15 is 0 Å². The first kappa shape index (κ1) is 15.6. The van der Waals surface area contributed by atoms with E-state index in [0.29, 0.717) is 25.5 Å². The van der Waals surface area contributed by atoms with E-state index in [0.717, 1.165) is 12.3 Å². The second-order valence-corrected chi connectivity index (χ2v) is 4.62. The van der Waals surface area contributed by atoms with Gasteiger partial charge in [-0.25, -0.2) is 4.98 Å². The maximum atomic E-state index is 12.5. The summed E-state index contributed by atoms with van der Waals surface area (Å²) >= 11 is 0. The average molecular weight is 304 g/mol. The van der Waals surface area contributed by atoms with Crippen LogP contribution >= 0.6 is 0 Å². The van der Waals surface area contributed by atoms with Crippen molar-refractivity contribution < 1.29 is 27.4 Å². The van der Waals surface area contributed by atoms with Crippen LogP contribution in [-0.2, 0) is 20.4 Å². The van der Waals surface area contributed by atoms with Crippen LogP contribution in [0.4, 0.5) is 19.0 Å². The minimum Gasteiger partial charge on any atom is -0.469 e. The number of hydrogen-bond donors (Lipinski definition) is 0. The first-order chi connectivity index (χ1) is 9.90. The normalized spacial score (nSPS) is 19.4. The summed E-state index contributed by atoms with van der Waals surface area (Å²) in [5.41, 5.74) is -0.786. The molecule has 0 saturated carbocycles. The summed E-state index contributed by atoms with van der Waals surface area (Å²) in [6.45, 7) is 1.27. The molecule has 0 spiro atoms. The van der Waals surface area contributed by atoms with Crippen molar-refractivity contribution in [2.24, 2.45) is 0 Å². The van der Waals surface area contributed by atoms with Crippen LogP contribution in [0.1, 0.15) is 12.0 Å². The molecule has 0 aliphatic carbocycles. The molecule has 5 nitrogen and oxygen atoms in total. The third kappa shape index (κ3) is 4.07. The molecule has 2 heterocycles. The van der Waals surface area contributed by atoms with Crippen molar-refractivity contribution >= 4 is 11.8 Å². The van der Waals surface area contributed by atoms with Gasteiger partial charge in [-0.3, -0.25) is 4.79 Å². The Bertz CT molecular complexity index is 490. The van der Waals surface area contributed by atoms with E-state index in [4.69, 9.17) is 4.74 Å². The standard InChI is InChI=1S/C13H15F3N2O3/c1-20-12(19)6-10-8-18(4-5-21-10)11-3-2-9(7-17-11)13(14,15)16/h2-3,7,10H,4-6,8H2,1H3. The summed E-state index contributed by atoms with van der Waals surface area (Å²) in [6, 6.07) is 2.32. The molecule has 1 unspecified atom stereocenters. The first-order valence-corrected chi connectivity index (χ1v) is 6.37. The number of methoxy groups -OCH3 is 1. The predicted octanol–water partition coefficient (Wildman–Crippen LogP) is 1.87. The lowest BCUT2D eigenvalue weighted by Crippen LogP contribution is -2.43. The van der Waals surface area contributed by atoms with E-state index in [2.05, 4.69) is 9.72 Å². The molecule has 0 amide bonds. The highest BCUT2D eigenvalue weighted by Crippen LogP contribution is 2.29. The van der Waals surface area contributed by atoms with Gasteiger partial charge in [0.15, 0.2) is 0 Å². The van der Waals surface area contributed by atoms with Crippen LogP contribution in [0.25, 0.3) is 0 Å². The van der Waals surface area contributed by atoms with E-state index in [1.165, 1.54) is 13.2 Å². The molecule has 1 atom stereocenters. The molecule has 0 N–H and O–H groups in total. The van der Waals surface area contributed by atoms with E-state index in [1.54, 1.807) is 4.90 Å². The van der Waals surface area contributed by atoms with Crippen molar-refractivity contribution in [3.8, 4) is 0 Å². The zero-order chi connectivity index (χ0) is 15.5. The van der Waals surface area contributed by atoms with Crippen molar-refractivity contribution in [1.29, 1.82) is 0 Å². The number of morpholine rings is 1. The number of aromatic nitrogens is 1. The predicted molar refractivity (Wildman–Crippen MR) is 67.8 cm³/mol. The number of nitrogens with zero attached hydrogens (tertiary/aromatic N) is 2. The lowest BCUT2D eigenvalue weighted by atomic mass is 10.2. The van der Waals surface area contributed by atoms with Crippen LogP contribution in [0.5, 0.6) is 0 Å². The molecule has 0 radical (unpaired) electrons. The monoisotopic (exact) mass is 304 g/mol.